The minimum absolute atomic E-state index is 0.244. The van der Waals surface area contributed by atoms with Crippen molar-refractivity contribution in [3.8, 4) is 0 Å². The Morgan fingerprint density at radius 2 is 1.66 bits per heavy atom. The van der Waals surface area contributed by atoms with Crippen molar-refractivity contribution in [2.24, 2.45) is 10.9 Å². The molecule has 0 saturated carbocycles. The van der Waals surface area contributed by atoms with E-state index in [0.717, 1.165) is 17.0 Å². The van der Waals surface area contributed by atoms with Crippen LogP contribution >= 0.6 is 15.2 Å². The highest BCUT2D eigenvalue weighted by Crippen LogP contribution is 2.38. The second-order valence-electron chi connectivity index (χ2n) is 7.01. The van der Waals surface area contributed by atoms with Crippen LogP contribution in [0.2, 0.25) is 0 Å². The molecule has 0 heterocycles. The second kappa shape index (κ2) is 10.4. The van der Waals surface area contributed by atoms with Gasteiger partial charge in [-0.05, 0) is 43.4 Å². The maximum atomic E-state index is 11.1. The second-order valence-corrected chi connectivity index (χ2v) is 10.6. The molecule has 1 atom stereocenters. The molecule has 0 amide bonds. The van der Waals surface area contributed by atoms with Crippen LogP contribution in [-0.4, -0.2) is 48.1 Å². The van der Waals surface area contributed by atoms with Gasteiger partial charge in [0.05, 0.1) is 17.8 Å². The fourth-order valence-corrected chi connectivity index (χ4v) is 4.39. The molecule has 1 unspecified atom stereocenters. The number of rotatable bonds is 9. The summed E-state index contributed by atoms with van der Waals surface area (Å²) in [6.07, 6.45) is 2.89. The molecule has 0 aromatic heterocycles. The molecular formula is C18H25N3O6P2. The summed E-state index contributed by atoms with van der Waals surface area (Å²) >= 11 is 0. The van der Waals surface area contributed by atoms with Crippen molar-refractivity contribution in [1.82, 2.24) is 0 Å². The molecule has 29 heavy (non-hydrogen) atoms. The van der Waals surface area contributed by atoms with Gasteiger partial charge in [-0.1, -0.05) is 18.2 Å². The average molecular weight is 441 g/mol. The van der Waals surface area contributed by atoms with Crippen molar-refractivity contribution in [3.63, 3.8) is 0 Å². The molecule has 158 valence electrons. The van der Waals surface area contributed by atoms with Crippen LogP contribution in [0.3, 0.4) is 0 Å². The minimum atomic E-state index is -4.11. The fourth-order valence-electron chi connectivity index (χ4n) is 3.22. The van der Waals surface area contributed by atoms with Crippen LogP contribution in [0.4, 0.5) is 5.69 Å². The summed E-state index contributed by atoms with van der Waals surface area (Å²) in [6, 6.07) is 9.22. The van der Waals surface area contributed by atoms with E-state index in [9.17, 15) is 14.7 Å². The summed E-state index contributed by atoms with van der Waals surface area (Å²) in [4.78, 5) is 44.3. The maximum absolute atomic E-state index is 11.1. The predicted octanol–water partition coefficient (Wildman–Crippen LogP) is 3.29. The lowest BCUT2D eigenvalue weighted by Crippen LogP contribution is -2.25. The lowest BCUT2D eigenvalue weighted by Gasteiger charge is -2.21. The lowest BCUT2D eigenvalue weighted by atomic mass is 9.82. The van der Waals surface area contributed by atoms with Gasteiger partial charge in [0.1, 0.15) is 0 Å². The number of benzene rings is 1. The molecule has 2 rings (SSSR count). The fraction of sp³-hybridized carbons (Fsp3) is 0.444. The Bertz CT molecular complexity index is 913. The van der Waals surface area contributed by atoms with Crippen molar-refractivity contribution in [1.29, 1.82) is 0 Å². The molecule has 1 aromatic carbocycles. The monoisotopic (exact) mass is 441 g/mol. The molecule has 0 fully saturated rings. The third kappa shape index (κ3) is 8.69. The largest absolute Gasteiger partial charge is 0.361 e. The third-order valence-electron chi connectivity index (χ3n) is 4.58. The molecule has 0 bridgehead atoms. The number of hydrogen-bond acceptors (Lipinski definition) is 3. The van der Waals surface area contributed by atoms with E-state index in [4.69, 9.17) is 19.6 Å². The molecule has 1 aliphatic rings. The Morgan fingerprint density at radius 3 is 2.24 bits per heavy atom. The van der Waals surface area contributed by atoms with Crippen LogP contribution in [-0.2, 0) is 9.13 Å². The van der Waals surface area contributed by atoms with Gasteiger partial charge in [-0.25, -0.2) is 0 Å². The Balaban J connectivity index is 2.25. The van der Waals surface area contributed by atoms with Crippen LogP contribution in [0.15, 0.2) is 47.0 Å². The van der Waals surface area contributed by atoms with Gasteiger partial charge < -0.3 is 25.1 Å². The van der Waals surface area contributed by atoms with E-state index in [0.29, 0.717) is 25.0 Å². The Hall–Kier alpha value is -1.69. The van der Waals surface area contributed by atoms with Crippen molar-refractivity contribution >= 4 is 32.3 Å². The zero-order valence-corrected chi connectivity index (χ0v) is 17.6. The molecule has 0 saturated heterocycles. The normalized spacial score (nSPS) is 19.2. The number of para-hydroxylation sites is 1. The van der Waals surface area contributed by atoms with Crippen LogP contribution in [0, 0.1) is 5.92 Å². The van der Waals surface area contributed by atoms with Gasteiger partial charge >= 0.3 is 15.2 Å². The van der Waals surface area contributed by atoms with E-state index in [1.54, 1.807) is 6.08 Å². The minimum Gasteiger partial charge on any atom is -0.361 e. The quantitative estimate of drug-likeness (QED) is 0.261. The highest BCUT2D eigenvalue weighted by Gasteiger charge is 2.31. The van der Waals surface area contributed by atoms with Crippen molar-refractivity contribution in [2.75, 3.05) is 12.3 Å². The predicted molar refractivity (Wildman–Crippen MR) is 111 cm³/mol. The number of hydrogen-bond donors (Lipinski definition) is 4. The summed E-state index contributed by atoms with van der Waals surface area (Å²) in [7, 11) is -8.20. The zero-order valence-electron chi connectivity index (χ0n) is 15.8. The SMILES string of the molecule is [N-]=[N+]=C1C=C(CCCP(=O)(O)O)C(=Nc2ccccc2)CC1CCCP(=O)(O)O. The van der Waals surface area contributed by atoms with Gasteiger partial charge in [0.25, 0.3) is 5.71 Å². The highest BCUT2D eigenvalue weighted by molar-refractivity contribution is 7.52. The van der Waals surface area contributed by atoms with Crippen LogP contribution in [0.5, 0.6) is 0 Å². The van der Waals surface area contributed by atoms with Gasteiger partial charge in [-0.2, -0.15) is 4.79 Å². The van der Waals surface area contributed by atoms with Gasteiger partial charge in [-0.15, -0.1) is 0 Å². The molecule has 1 aliphatic carbocycles. The topological polar surface area (TPSA) is 164 Å². The van der Waals surface area contributed by atoms with Crippen molar-refractivity contribution < 1.29 is 33.5 Å². The van der Waals surface area contributed by atoms with Gasteiger partial charge in [0.2, 0.25) is 0 Å². The van der Waals surface area contributed by atoms with E-state index in [2.05, 4.69) is 9.78 Å². The Kier molecular flexibility index (Phi) is 8.44. The Morgan fingerprint density at radius 1 is 1.03 bits per heavy atom. The maximum Gasteiger partial charge on any atom is 0.325 e. The summed E-state index contributed by atoms with van der Waals surface area (Å²) in [6.45, 7) is 0. The smallest absolute Gasteiger partial charge is 0.325 e. The van der Waals surface area contributed by atoms with Gasteiger partial charge in [0.15, 0.2) is 0 Å². The number of allylic oxidation sites excluding steroid dienone is 2. The number of nitrogens with zero attached hydrogens (tertiary/aromatic N) is 3. The van der Waals surface area contributed by atoms with Gasteiger partial charge in [0, 0.05) is 24.4 Å². The molecule has 0 spiro atoms. The first kappa shape index (κ1) is 23.6. The first-order valence-corrected chi connectivity index (χ1v) is 12.8. The standard InChI is InChI=1S/C18H25N3O6P2/c19-21-18-13-14(6-4-10-28(22,23)24)17(20-16-8-2-1-3-9-16)12-15(18)7-5-11-29(25,26)27/h1-3,8-9,13,15H,4-7,10-12H2,(H2,22,23,24)(H2,25,26,27). The number of aliphatic imine (C=N–C) groups is 1. The van der Waals surface area contributed by atoms with Crippen molar-refractivity contribution in [2.45, 2.75) is 32.1 Å². The summed E-state index contributed by atoms with van der Waals surface area (Å²) < 4.78 is 22.2. The van der Waals surface area contributed by atoms with E-state index in [1.807, 2.05) is 30.3 Å². The summed E-state index contributed by atoms with van der Waals surface area (Å²) in [5.74, 6) is -0.250. The molecule has 0 radical (unpaired) electrons. The first-order chi connectivity index (χ1) is 13.6. The molecule has 4 N–H and O–H groups in total. The lowest BCUT2D eigenvalue weighted by molar-refractivity contribution is -0.0112. The van der Waals surface area contributed by atoms with E-state index < -0.39 is 15.2 Å². The van der Waals surface area contributed by atoms with Crippen LogP contribution in [0.25, 0.3) is 5.53 Å². The van der Waals surface area contributed by atoms with Crippen LogP contribution in [0.1, 0.15) is 32.1 Å². The third-order valence-corrected chi connectivity index (χ3v) is 6.38. The highest BCUT2D eigenvalue weighted by atomic mass is 31.2. The molecule has 11 heteroatoms. The summed E-state index contributed by atoms with van der Waals surface area (Å²) in [5.41, 5.74) is 12.0. The average Bonchev–Trinajstić information content (AvgIpc) is 2.62. The van der Waals surface area contributed by atoms with E-state index in [-0.39, 0.29) is 31.1 Å². The van der Waals surface area contributed by atoms with Gasteiger partial charge in [-0.3, -0.25) is 14.1 Å². The molecular weight excluding hydrogens is 416 g/mol. The summed E-state index contributed by atoms with van der Waals surface area (Å²) in [5, 5.41) is 0. The molecule has 9 nitrogen and oxygen atoms in total. The van der Waals surface area contributed by atoms with Crippen LogP contribution < -0.4 is 0 Å². The van der Waals surface area contributed by atoms with Crippen molar-refractivity contribution in [3.05, 3.63) is 47.5 Å². The van der Waals surface area contributed by atoms with E-state index >= 15 is 0 Å². The molecule has 1 aromatic rings. The Labute approximate surface area is 169 Å². The molecule has 0 aliphatic heterocycles. The first-order valence-electron chi connectivity index (χ1n) is 9.22. The van der Waals surface area contributed by atoms with E-state index in [1.165, 1.54) is 0 Å². The zero-order chi connectivity index (χ0) is 21.5.